The molecule has 1 saturated heterocycles. The molecule has 0 aliphatic carbocycles. The molecule has 1 aliphatic rings. The van der Waals surface area contributed by atoms with Crippen LogP contribution in [-0.2, 0) is 4.79 Å². The van der Waals surface area contributed by atoms with Gasteiger partial charge in [-0.15, -0.1) is 0 Å². The largest absolute Gasteiger partial charge is 0.368 e. The summed E-state index contributed by atoms with van der Waals surface area (Å²) in [5.74, 6) is 0.0110. The molecule has 3 aromatic carbocycles. The monoisotopic (exact) mass is 388 g/mol. The van der Waals surface area contributed by atoms with Crippen molar-refractivity contribution in [3.05, 3.63) is 102 Å². The highest BCUT2D eigenvalue weighted by Crippen LogP contribution is 2.29. The number of carbonyl (C=O) groups is 1. The quantitative estimate of drug-likeness (QED) is 0.633. The van der Waals surface area contributed by atoms with Gasteiger partial charge in [-0.2, -0.15) is 0 Å². The molecule has 29 heavy (non-hydrogen) atoms. The van der Waals surface area contributed by atoms with Gasteiger partial charge >= 0.3 is 0 Å². The Morgan fingerprint density at radius 1 is 0.759 bits per heavy atom. The molecule has 4 rings (SSSR count). The van der Waals surface area contributed by atoms with Gasteiger partial charge in [-0.25, -0.2) is 4.39 Å². The van der Waals surface area contributed by atoms with Crippen LogP contribution in [0.2, 0.25) is 0 Å². The lowest BCUT2D eigenvalue weighted by Crippen LogP contribution is -2.49. The molecule has 1 amide bonds. The zero-order valence-electron chi connectivity index (χ0n) is 16.4. The summed E-state index contributed by atoms with van der Waals surface area (Å²) in [7, 11) is 0. The predicted octanol–water partition coefficient (Wildman–Crippen LogP) is 4.70. The van der Waals surface area contributed by atoms with Gasteiger partial charge in [0.05, 0.1) is 0 Å². The van der Waals surface area contributed by atoms with Crippen LogP contribution in [0.5, 0.6) is 0 Å². The van der Waals surface area contributed by atoms with Crippen molar-refractivity contribution in [1.82, 2.24) is 4.90 Å². The van der Waals surface area contributed by atoms with Crippen molar-refractivity contribution in [2.45, 2.75) is 12.3 Å². The van der Waals surface area contributed by atoms with Gasteiger partial charge in [0.25, 0.3) is 0 Å². The second-order valence-electron chi connectivity index (χ2n) is 7.42. The topological polar surface area (TPSA) is 23.6 Å². The van der Waals surface area contributed by atoms with E-state index in [4.69, 9.17) is 0 Å². The molecular formula is C25H25FN2O. The van der Waals surface area contributed by atoms with Gasteiger partial charge in [-0.1, -0.05) is 60.7 Å². The summed E-state index contributed by atoms with van der Waals surface area (Å²) in [5, 5.41) is 0. The van der Waals surface area contributed by atoms with Crippen LogP contribution >= 0.6 is 0 Å². The Hall–Kier alpha value is -3.14. The fourth-order valence-corrected chi connectivity index (χ4v) is 3.97. The van der Waals surface area contributed by atoms with E-state index in [0.29, 0.717) is 19.5 Å². The minimum atomic E-state index is -0.226. The molecule has 0 radical (unpaired) electrons. The highest BCUT2D eigenvalue weighted by molar-refractivity contribution is 5.78. The summed E-state index contributed by atoms with van der Waals surface area (Å²) < 4.78 is 13.2. The van der Waals surface area contributed by atoms with E-state index in [1.807, 2.05) is 41.3 Å². The Morgan fingerprint density at radius 2 is 1.28 bits per heavy atom. The van der Waals surface area contributed by atoms with Crippen LogP contribution in [0.4, 0.5) is 10.1 Å². The van der Waals surface area contributed by atoms with E-state index in [9.17, 15) is 9.18 Å². The third-order valence-electron chi connectivity index (χ3n) is 5.61. The molecule has 148 valence electrons. The van der Waals surface area contributed by atoms with Gasteiger partial charge in [-0.05, 0) is 35.4 Å². The van der Waals surface area contributed by atoms with Crippen LogP contribution in [0, 0.1) is 5.82 Å². The molecule has 0 bridgehead atoms. The van der Waals surface area contributed by atoms with E-state index in [2.05, 4.69) is 29.2 Å². The van der Waals surface area contributed by atoms with E-state index >= 15 is 0 Å². The molecule has 1 aliphatic heterocycles. The number of anilines is 1. The number of piperazine rings is 1. The number of hydrogen-bond donors (Lipinski definition) is 0. The molecule has 1 fully saturated rings. The first-order valence-corrected chi connectivity index (χ1v) is 10.1. The maximum absolute atomic E-state index is 13.2. The van der Waals surface area contributed by atoms with Gasteiger partial charge in [0, 0.05) is 44.2 Å². The molecule has 0 aromatic heterocycles. The van der Waals surface area contributed by atoms with Crippen molar-refractivity contribution in [1.29, 1.82) is 0 Å². The van der Waals surface area contributed by atoms with Crippen molar-refractivity contribution in [2.75, 3.05) is 31.1 Å². The number of carbonyl (C=O) groups excluding carboxylic acids is 1. The highest BCUT2D eigenvalue weighted by Gasteiger charge is 2.25. The van der Waals surface area contributed by atoms with Crippen LogP contribution < -0.4 is 4.90 Å². The maximum atomic E-state index is 13.2. The molecule has 0 N–H and O–H groups in total. The van der Waals surface area contributed by atoms with Crippen LogP contribution in [-0.4, -0.2) is 37.0 Å². The molecule has 3 aromatic rings. The van der Waals surface area contributed by atoms with Crippen molar-refractivity contribution >= 4 is 11.6 Å². The Bertz CT molecular complexity index is 881. The second-order valence-corrected chi connectivity index (χ2v) is 7.42. The molecular weight excluding hydrogens is 363 g/mol. The molecule has 0 saturated carbocycles. The molecule has 0 unspecified atom stereocenters. The maximum Gasteiger partial charge on any atom is 0.223 e. The van der Waals surface area contributed by atoms with E-state index in [1.54, 1.807) is 12.1 Å². The number of rotatable bonds is 5. The summed E-state index contributed by atoms with van der Waals surface area (Å²) in [6, 6.07) is 27.0. The summed E-state index contributed by atoms with van der Waals surface area (Å²) >= 11 is 0. The van der Waals surface area contributed by atoms with Crippen molar-refractivity contribution < 1.29 is 9.18 Å². The Morgan fingerprint density at radius 3 is 1.79 bits per heavy atom. The van der Waals surface area contributed by atoms with E-state index < -0.39 is 0 Å². The van der Waals surface area contributed by atoms with Crippen LogP contribution in [0.15, 0.2) is 84.9 Å². The molecule has 1 heterocycles. The minimum absolute atomic E-state index is 0.0556. The van der Waals surface area contributed by atoms with Crippen molar-refractivity contribution in [3.8, 4) is 0 Å². The zero-order valence-corrected chi connectivity index (χ0v) is 16.4. The van der Waals surface area contributed by atoms with Crippen molar-refractivity contribution in [3.63, 3.8) is 0 Å². The normalized spacial score (nSPS) is 14.3. The van der Waals surface area contributed by atoms with Crippen LogP contribution in [0.3, 0.4) is 0 Å². The molecule has 0 spiro atoms. The zero-order chi connectivity index (χ0) is 20.1. The summed E-state index contributed by atoms with van der Waals surface area (Å²) in [6.45, 7) is 2.90. The highest BCUT2D eigenvalue weighted by atomic mass is 19.1. The number of benzene rings is 3. The minimum Gasteiger partial charge on any atom is -0.368 e. The standard InChI is InChI=1S/C25H25FN2O/c26-22-11-13-23(14-12-22)27-15-17-28(18-16-27)25(29)19-24(20-7-3-1-4-8-20)21-9-5-2-6-10-21/h1-14,24H,15-19H2. The van der Waals surface area contributed by atoms with E-state index in [1.165, 1.54) is 12.1 Å². The lowest BCUT2D eigenvalue weighted by molar-refractivity contribution is -0.131. The molecule has 4 heteroatoms. The first-order chi connectivity index (χ1) is 14.2. The second kappa shape index (κ2) is 8.91. The SMILES string of the molecule is O=C(CC(c1ccccc1)c1ccccc1)N1CCN(c2ccc(F)cc2)CC1. The third kappa shape index (κ3) is 4.65. The van der Waals surface area contributed by atoms with Gasteiger partial charge in [0.15, 0.2) is 0 Å². The lowest BCUT2D eigenvalue weighted by Gasteiger charge is -2.36. The van der Waals surface area contributed by atoms with Gasteiger partial charge < -0.3 is 9.80 Å². The smallest absolute Gasteiger partial charge is 0.223 e. The number of halogens is 1. The van der Waals surface area contributed by atoms with E-state index in [0.717, 1.165) is 29.9 Å². The van der Waals surface area contributed by atoms with E-state index in [-0.39, 0.29) is 17.6 Å². The fraction of sp³-hybridized carbons (Fsp3) is 0.240. The fourth-order valence-electron chi connectivity index (χ4n) is 3.97. The number of amides is 1. The Kier molecular flexibility index (Phi) is 5.89. The summed E-state index contributed by atoms with van der Waals surface area (Å²) in [6.07, 6.45) is 0.463. The Labute approximate surface area is 171 Å². The average molecular weight is 388 g/mol. The van der Waals surface area contributed by atoms with Gasteiger partial charge in [0.2, 0.25) is 5.91 Å². The number of hydrogen-bond acceptors (Lipinski definition) is 2. The first-order valence-electron chi connectivity index (χ1n) is 10.1. The predicted molar refractivity (Wildman–Crippen MR) is 115 cm³/mol. The number of nitrogens with zero attached hydrogens (tertiary/aromatic N) is 2. The van der Waals surface area contributed by atoms with Crippen molar-refractivity contribution in [2.24, 2.45) is 0 Å². The summed E-state index contributed by atoms with van der Waals surface area (Å²) in [4.78, 5) is 17.3. The van der Waals surface area contributed by atoms with Gasteiger partial charge in [0.1, 0.15) is 5.82 Å². The molecule has 0 atom stereocenters. The van der Waals surface area contributed by atoms with Gasteiger partial charge in [-0.3, -0.25) is 4.79 Å². The first kappa shape index (κ1) is 19.2. The van der Waals surface area contributed by atoms with Crippen LogP contribution in [0.25, 0.3) is 0 Å². The average Bonchev–Trinajstić information content (AvgIpc) is 2.79. The third-order valence-corrected chi connectivity index (χ3v) is 5.61. The lowest BCUT2D eigenvalue weighted by atomic mass is 9.88. The summed E-state index contributed by atoms with van der Waals surface area (Å²) in [5.41, 5.74) is 3.33. The molecule has 3 nitrogen and oxygen atoms in total. The Balaban J connectivity index is 1.43. The van der Waals surface area contributed by atoms with Crippen LogP contribution in [0.1, 0.15) is 23.5 Å².